The van der Waals surface area contributed by atoms with Gasteiger partial charge in [-0.3, -0.25) is 0 Å². The van der Waals surface area contributed by atoms with Crippen molar-refractivity contribution >= 4 is 13.7 Å². The van der Waals surface area contributed by atoms with Gasteiger partial charge < -0.3 is 0 Å². The average molecular weight is 585 g/mol. The summed E-state index contributed by atoms with van der Waals surface area (Å²) in [5.74, 6) is 0. The van der Waals surface area contributed by atoms with E-state index in [4.69, 9.17) is 4.26 Å². The van der Waals surface area contributed by atoms with E-state index >= 15 is 0 Å². The quantitative estimate of drug-likeness (QED) is 0.217. The first-order chi connectivity index (χ1) is 15.1. The van der Waals surface area contributed by atoms with Crippen LogP contribution in [-0.4, -0.2) is 4.26 Å². The van der Waals surface area contributed by atoms with Gasteiger partial charge in [0.25, 0.3) is 0 Å². The first-order valence-electron chi connectivity index (χ1n) is 11.8. The fourth-order valence-electron chi connectivity index (χ4n) is 5.44. The van der Waals surface area contributed by atoms with Gasteiger partial charge in [0.2, 0.25) is 0 Å². The minimum atomic E-state index is -2.47. The zero-order chi connectivity index (χ0) is 22.8. The van der Waals surface area contributed by atoms with Crippen LogP contribution in [0.25, 0.3) is 17.2 Å². The summed E-state index contributed by atoms with van der Waals surface area (Å²) in [4.78, 5) is 0. The molecule has 5 rings (SSSR count). The molecule has 0 saturated heterocycles. The summed E-state index contributed by atoms with van der Waals surface area (Å²) in [6.07, 6.45) is 5.86. The number of rotatable bonds is 2. The molecule has 2 aliphatic rings. The standard InChI is InChI=1S/C21H25.C9H7.CH2.Hf/c1-20(2,3)16-7-9-18-14(12-16)11-15-13-17(21(4,5)6)8-10-19(15)18;1-2-5-9-7-3-6-8(9)4-1;;/h7-10,12H,11H2,1-6H3;1-7H;1H2;. The predicted octanol–water partition coefficient (Wildman–Crippen LogP) is 7.30. The van der Waals surface area contributed by atoms with Crippen LogP contribution in [0.4, 0.5) is 0 Å². The number of benzene rings is 3. The van der Waals surface area contributed by atoms with E-state index in [-0.39, 0.29) is 10.8 Å². The molecule has 0 saturated carbocycles. The SMILES string of the molecule is [CH2]=[Hf]([c]1c(C(C)(C)C)ccc2c1Cc1cc(C(C)(C)C)ccc1-2)[CH]1C=Cc2ccccc21. The first kappa shape index (κ1) is 22.0. The summed E-state index contributed by atoms with van der Waals surface area (Å²) in [5, 5.41) is 0. The number of hydrogen-bond acceptors (Lipinski definition) is 0. The molecule has 0 bridgehead atoms. The Balaban J connectivity index is 1.67. The summed E-state index contributed by atoms with van der Waals surface area (Å²) < 4.78 is 7.24. The van der Waals surface area contributed by atoms with Gasteiger partial charge in [0.1, 0.15) is 0 Å². The molecule has 1 unspecified atom stereocenters. The third-order valence-electron chi connectivity index (χ3n) is 7.25. The second-order valence-corrected chi connectivity index (χ2v) is 19.4. The van der Waals surface area contributed by atoms with Gasteiger partial charge in [-0.25, -0.2) is 0 Å². The van der Waals surface area contributed by atoms with E-state index in [1.54, 1.807) is 8.88 Å². The van der Waals surface area contributed by atoms with Crippen LogP contribution in [0.2, 0.25) is 0 Å². The summed E-state index contributed by atoms with van der Waals surface area (Å²) in [6.45, 7) is 14.0. The molecule has 1 heteroatoms. The molecule has 0 N–H and O–H groups in total. The van der Waals surface area contributed by atoms with Crippen LogP contribution >= 0.6 is 0 Å². The van der Waals surface area contributed by atoms with Crippen LogP contribution in [0.1, 0.15) is 78.6 Å². The maximum absolute atomic E-state index is 5.02. The Labute approximate surface area is 201 Å². The number of allylic oxidation sites excluding steroid dienone is 1. The fraction of sp³-hybridized carbons (Fsp3) is 0.323. The predicted molar refractivity (Wildman–Crippen MR) is 137 cm³/mol. The van der Waals surface area contributed by atoms with Crippen LogP contribution in [-0.2, 0) is 38.2 Å². The average Bonchev–Trinajstić information content (AvgIpc) is 3.32. The van der Waals surface area contributed by atoms with Gasteiger partial charge in [-0.05, 0) is 0 Å². The maximum atomic E-state index is 5.02. The Bertz CT molecular complexity index is 1270. The van der Waals surface area contributed by atoms with Crippen molar-refractivity contribution in [2.24, 2.45) is 0 Å². The van der Waals surface area contributed by atoms with Crippen LogP contribution in [0.15, 0.2) is 60.7 Å². The zero-order valence-corrected chi connectivity index (χ0v) is 23.9. The Morgan fingerprint density at radius 2 is 1.56 bits per heavy atom. The van der Waals surface area contributed by atoms with Crippen molar-refractivity contribution in [3.8, 4) is 11.1 Å². The molecule has 1 atom stereocenters. The first-order valence-corrected chi connectivity index (χ1v) is 18.2. The second-order valence-electron chi connectivity index (χ2n) is 11.6. The molecule has 2 aliphatic carbocycles. The molecule has 0 aromatic heterocycles. The van der Waals surface area contributed by atoms with Crippen molar-refractivity contribution in [2.75, 3.05) is 0 Å². The molecular weight excluding hydrogens is 551 g/mol. The van der Waals surface area contributed by atoms with Gasteiger partial charge in [-0.2, -0.15) is 0 Å². The van der Waals surface area contributed by atoms with E-state index in [1.807, 2.05) is 0 Å². The Kier molecular flexibility index (Phi) is 5.21. The van der Waals surface area contributed by atoms with E-state index in [0.717, 1.165) is 6.42 Å². The van der Waals surface area contributed by atoms with Crippen molar-refractivity contribution in [3.63, 3.8) is 0 Å². The third kappa shape index (κ3) is 3.58. The normalized spacial score (nSPS) is 16.6. The van der Waals surface area contributed by atoms with Crippen molar-refractivity contribution in [1.82, 2.24) is 0 Å². The van der Waals surface area contributed by atoms with Crippen LogP contribution in [0.3, 0.4) is 0 Å². The van der Waals surface area contributed by atoms with Crippen molar-refractivity contribution < 1.29 is 21.0 Å². The van der Waals surface area contributed by atoms with Crippen LogP contribution in [0.5, 0.6) is 0 Å². The summed E-state index contributed by atoms with van der Waals surface area (Å²) in [6, 6.07) is 21.0. The van der Waals surface area contributed by atoms with E-state index < -0.39 is 21.0 Å². The summed E-state index contributed by atoms with van der Waals surface area (Å²) in [7, 11) is 0. The van der Waals surface area contributed by atoms with Gasteiger partial charge in [0.15, 0.2) is 0 Å². The van der Waals surface area contributed by atoms with E-state index in [9.17, 15) is 0 Å². The molecule has 3 aromatic rings. The topological polar surface area (TPSA) is 0 Å². The van der Waals surface area contributed by atoms with Crippen LogP contribution < -0.4 is 3.32 Å². The third-order valence-corrected chi connectivity index (χ3v) is 16.1. The van der Waals surface area contributed by atoms with E-state index in [0.29, 0.717) is 3.67 Å². The molecule has 3 aromatic carbocycles. The van der Waals surface area contributed by atoms with E-state index in [1.165, 1.54) is 38.9 Å². The second kappa shape index (κ2) is 7.59. The monoisotopic (exact) mass is 586 g/mol. The number of hydrogen-bond donors (Lipinski definition) is 0. The molecule has 0 radical (unpaired) electrons. The Morgan fingerprint density at radius 3 is 2.28 bits per heavy atom. The zero-order valence-electron chi connectivity index (χ0n) is 20.3. The fourth-order valence-corrected chi connectivity index (χ4v) is 15.1. The van der Waals surface area contributed by atoms with Gasteiger partial charge in [-0.15, -0.1) is 0 Å². The Hall–Kier alpha value is -1.86. The molecule has 0 fully saturated rings. The van der Waals surface area contributed by atoms with Gasteiger partial charge in [0.05, 0.1) is 0 Å². The molecule has 0 aliphatic heterocycles. The minimum absolute atomic E-state index is 0.130. The van der Waals surface area contributed by atoms with Gasteiger partial charge in [0, 0.05) is 0 Å². The van der Waals surface area contributed by atoms with Gasteiger partial charge in [-0.1, -0.05) is 0 Å². The van der Waals surface area contributed by atoms with E-state index in [2.05, 4.69) is 108 Å². The summed E-state index contributed by atoms with van der Waals surface area (Å²) >= 11 is -2.47. The molecule has 0 heterocycles. The molecule has 32 heavy (non-hydrogen) atoms. The van der Waals surface area contributed by atoms with Crippen LogP contribution in [0, 0.1) is 0 Å². The molecule has 0 nitrogen and oxygen atoms in total. The van der Waals surface area contributed by atoms with Crippen molar-refractivity contribution in [2.45, 2.75) is 62.5 Å². The van der Waals surface area contributed by atoms with Gasteiger partial charge >= 0.3 is 202 Å². The molecule has 0 amide bonds. The molecular formula is C31H34Hf. The molecule has 0 spiro atoms. The number of fused-ring (bicyclic) bond motifs is 4. The Morgan fingerprint density at radius 1 is 0.844 bits per heavy atom. The molecule has 162 valence electrons. The summed E-state index contributed by atoms with van der Waals surface area (Å²) in [5.41, 5.74) is 12.2. The van der Waals surface area contributed by atoms with Crippen molar-refractivity contribution in [3.05, 3.63) is 94.1 Å². The van der Waals surface area contributed by atoms with Crippen molar-refractivity contribution in [1.29, 1.82) is 0 Å².